The third kappa shape index (κ3) is 3.00. The molecule has 5 heteroatoms. The molecule has 0 amide bonds. The number of rotatable bonds is 6. The fraction of sp³-hybridized carbons (Fsp3) is 0.278. The van der Waals surface area contributed by atoms with Gasteiger partial charge < -0.3 is 14.8 Å². The smallest absolute Gasteiger partial charge is 0.142 e. The molecular formula is C18H21N3O2. The van der Waals surface area contributed by atoms with Crippen molar-refractivity contribution in [3.63, 3.8) is 0 Å². The first-order valence-electron chi connectivity index (χ1n) is 7.59. The number of pyridine rings is 1. The first-order valence-corrected chi connectivity index (χ1v) is 7.59. The number of benzene rings is 1. The number of hydrogen-bond acceptors (Lipinski definition) is 4. The van der Waals surface area contributed by atoms with Gasteiger partial charge in [0, 0.05) is 25.4 Å². The van der Waals surface area contributed by atoms with E-state index in [4.69, 9.17) is 14.5 Å². The summed E-state index contributed by atoms with van der Waals surface area (Å²) < 4.78 is 12.5. The van der Waals surface area contributed by atoms with Gasteiger partial charge in [0.2, 0.25) is 0 Å². The minimum Gasteiger partial charge on any atom is -0.497 e. The molecule has 3 rings (SSSR count). The second-order valence-electron chi connectivity index (χ2n) is 5.34. The highest BCUT2D eigenvalue weighted by Crippen LogP contribution is 2.30. The minimum atomic E-state index is 0.640. The van der Waals surface area contributed by atoms with Gasteiger partial charge in [0.25, 0.3) is 0 Å². The van der Waals surface area contributed by atoms with Crippen LogP contribution in [0, 0.1) is 6.92 Å². The van der Waals surface area contributed by atoms with Crippen LogP contribution in [0.1, 0.15) is 5.56 Å². The molecule has 0 unspecified atom stereocenters. The van der Waals surface area contributed by atoms with Crippen molar-refractivity contribution >= 4 is 11.5 Å². The molecule has 0 saturated heterocycles. The predicted octanol–water partition coefficient (Wildman–Crippen LogP) is 3.38. The lowest BCUT2D eigenvalue weighted by Gasteiger charge is -2.09. The van der Waals surface area contributed by atoms with Gasteiger partial charge in [-0.1, -0.05) is 6.07 Å². The molecule has 0 aliphatic rings. The average molecular weight is 311 g/mol. The minimum absolute atomic E-state index is 0.640. The van der Waals surface area contributed by atoms with Gasteiger partial charge in [-0.25, -0.2) is 4.98 Å². The molecular weight excluding hydrogens is 290 g/mol. The van der Waals surface area contributed by atoms with Gasteiger partial charge in [-0.3, -0.25) is 4.40 Å². The Morgan fingerprint density at radius 1 is 1.13 bits per heavy atom. The zero-order valence-corrected chi connectivity index (χ0v) is 13.7. The van der Waals surface area contributed by atoms with Crippen LogP contribution in [0.25, 0.3) is 16.9 Å². The highest BCUT2D eigenvalue weighted by molar-refractivity contribution is 5.77. The maximum Gasteiger partial charge on any atom is 0.142 e. The lowest BCUT2D eigenvalue weighted by atomic mass is 10.1. The van der Waals surface area contributed by atoms with Gasteiger partial charge in [-0.2, -0.15) is 0 Å². The molecule has 5 nitrogen and oxygen atoms in total. The molecule has 0 atom stereocenters. The standard InChI is InChI=1S/C18H21N3O2/c1-13-5-4-11-21-17(13)20-16(18(21)19-10-12-22-2)14-6-8-15(23-3)9-7-14/h4-9,11,19H,10,12H2,1-3H3. The zero-order chi connectivity index (χ0) is 16.2. The molecule has 0 bridgehead atoms. The number of aromatic nitrogens is 2. The molecule has 0 aliphatic carbocycles. The summed E-state index contributed by atoms with van der Waals surface area (Å²) >= 11 is 0. The third-order valence-electron chi connectivity index (χ3n) is 3.81. The van der Waals surface area contributed by atoms with Crippen LogP contribution in [0.15, 0.2) is 42.6 Å². The Balaban J connectivity index is 2.09. The number of anilines is 1. The lowest BCUT2D eigenvalue weighted by molar-refractivity contribution is 0.210. The Bertz CT molecular complexity index is 794. The number of nitrogens with one attached hydrogen (secondary N) is 1. The van der Waals surface area contributed by atoms with E-state index < -0.39 is 0 Å². The van der Waals surface area contributed by atoms with Gasteiger partial charge in [-0.05, 0) is 42.8 Å². The second-order valence-corrected chi connectivity index (χ2v) is 5.34. The molecule has 3 aromatic rings. The molecule has 0 spiro atoms. The summed E-state index contributed by atoms with van der Waals surface area (Å²) in [5.41, 5.74) is 4.08. The van der Waals surface area contributed by atoms with E-state index in [1.54, 1.807) is 14.2 Å². The van der Waals surface area contributed by atoms with Crippen LogP contribution in [0.4, 0.5) is 5.82 Å². The molecule has 0 radical (unpaired) electrons. The monoisotopic (exact) mass is 311 g/mol. The van der Waals surface area contributed by atoms with Gasteiger partial charge >= 0.3 is 0 Å². The Morgan fingerprint density at radius 2 is 1.91 bits per heavy atom. The van der Waals surface area contributed by atoms with Crippen molar-refractivity contribution < 1.29 is 9.47 Å². The van der Waals surface area contributed by atoms with Crippen LogP contribution in [0.5, 0.6) is 5.75 Å². The first kappa shape index (κ1) is 15.4. The molecule has 0 saturated carbocycles. The molecule has 2 heterocycles. The molecule has 1 aromatic carbocycles. The summed E-state index contributed by atoms with van der Waals surface area (Å²) in [5.74, 6) is 1.81. The Kier molecular flexibility index (Phi) is 4.48. The van der Waals surface area contributed by atoms with Gasteiger partial charge in [-0.15, -0.1) is 0 Å². The van der Waals surface area contributed by atoms with Crippen LogP contribution < -0.4 is 10.1 Å². The van der Waals surface area contributed by atoms with E-state index in [9.17, 15) is 0 Å². The highest BCUT2D eigenvalue weighted by Gasteiger charge is 2.15. The Labute approximate surface area is 135 Å². The Morgan fingerprint density at radius 3 is 2.61 bits per heavy atom. The van der Waals surface area contributed by atoms with Crippen molar-refractivity contribution in [1.82, 2.24) is 9.38 Å². The van der Waals surface area contributed by atoms with Crippen LogP contribution in [0.3, 0.4) is 0 Å². The third-order valence-corrected chi connectivity index (χ3v) is 3.81. The van der Waals surface area contributed by atoms with E-state index in [0.29, 0.717) is 6.61 Å². The fourth-order valence-corrected chi connectivity index (χ4v) is 2.59. The Hall–Kier alpha value is -2.53. The maximum absolute atomic E-state index is 5.24. The fourth-order valence-electron chi connectivity index (χ4n) is 2.59. The van der Waals surface area contributed by atoms with Crippen LogP contribution in [-0.2, 0) is 4.74 Å². The van der Waals surface area contributed by atoms with Crippen molar-refractivity contribution in [3.05, 3.63) is 48.2 Å². The van der Waals surface area contributed by atoms with E-state index >= 15 is 0 Å². The summed E-state index contributed by atoms with van der Waals surface area (Å²) in [6.07, 6.45) is 2.03. The van der Waals surface area contributed by atoms with Crippen LogP contribution >= 0.6 is 0 Å². The largest absolute Gasteiger partial charge is 0.497 e. The highest BCUT2D eigenvalue weighted by atomic mass is 16.5. The van der Waals surface area contributed by atoms with Gasteiger partial charge in [0.05, 0.1) is 13.7 Å². The van der Waals surface area contributed by atoms with Crippen LogP contribution in [-0.4, -0.2) is 36.8 Å². The predicted molar refractivity (Wildman–Crippen MR) is 92.3 cm³/mol. The number of aryl methyl sites for hydroxylation is 1. The summed E-state index contributed by atoms with van der Waals surface area (Å²) in [5, 5.41) is 3.44. The molecule has 120 valence electrons. The van der Waals surface area contributed by atoms with E-state index in [1.165, 1.54) is 0 Å². The second kappa shape index (κ2) is 6.71. The van der Waals surface area contributed by atoms with Crippen molar-refractivity contribution in [2.24, 2.45) is 0 Å². The van der Waals surface area contributed by atoms with Crippen molar-refractivity contribution in [2.45, 2.75) is 6.92 Å². The average Bonchev–Trinajstić information content (AvgIpc) is 2.95. The summed E-state index contributed by atoms with van der Waals surface area (Å²) in [7, 11) is 3.37. The van der Waals surface area contributed by atoms with E-state index in [0.717, 1.165) is 40.6 Å². The number of fused-ring (bicyclic) bond motifs is 1. The van der Waals surface area contributed by atoms with Gasteiger partial charge in [0.15, 0.2) is 0 Å². The summed E-state index contributed by atoms with van der Waals surface area (Å²) in [6, 6.07) is 12.0. The number of nitrogens with zero attached hydrogens (tertiary/aromatic N) is 2. The van der Waals surface area contributed by atoms with E-state index in [1.807, 2.05) is 36.5 Å². The zero-order valence-electron chi connectivity index (χ0n) is 13.7. The normalized spacial score (nSPS) is 10.9. The van der Waals surface area contributed by atoms with Crippen molar-refractivity contribution in [2.75, 3.05) is 32.7 Å². The lowest BCUT2D eigenvalue weighted by Crippen LogP contribution is -2.10. The number of ether oxygens (including phenoxy) is 2. The number of methoxy groups -OCH3 is 2. The van der Waals surface area contributed by atoms with Crippen molar-refractivity contribution in [3.8, 4) is 17.0 Å². The van der Waals surface area contributed by atoms with E-state index in [2.05, 4.69) is 22.7 Å². The summed E-state index contributed by atoms with van der Waals surface area (Å²) in [6.45, 7) is 3.43. The molecule has 0 fully saturated rings. The number of imidazole rings is 1. The molecule has 2 aromatic heterocycles. The molecule has 0 aliphatic heterocycles. The summed E-state index contributed by atoms with van der Waals surface area (Å²) in [4.78, 5) is 4.84. The quantitative estimate of drug-likeness (QED) is 0.709. The van der Waals surface area contributed by atoms with Crippen molar-refractivity contribution in [1.29, 1.82) is 0 Å². The molecule has 23 heavy (non-hydrogen) atoms. The maximum atomic E-state index is 5.24. The van der Waals surface area contributed by atoms with E-state index in [-0.39, 0.29) is 0 Å². The molecule has 1 N–H and O–H groups in total. The first-order chi connectivity index (χ1) is 11.2. The topological polar surface area (TPSA) is 47.8 Å². The SMILES string of the molecule is COCCNc1c(-c2ccc(OC)cc2)nc2c(C)cccn12. The van der Waals surface area contributed by atoms with Gasteiger partial charge in [0.1, 0.15) is 22.9 Å². The number of hydrogen-bond donors (Lipinski definition) is 1. The van der Waals surface area contributed by atoms with Crippen LogP contribution in [0.2, 0.25) is 0 Å².